The van der Waals surface area contributed by atoms with Gasteiger partial charge in [-0.15, -0.1) is 0 Å². The van der Waals surface area contributed by atoms with Gasteiger partial charge >= 0.3 is 0 Å². The topological polar surface area (TPSA) is 54.5 Å². The molecule has 5 heteroatoms. The van der Waals surface area contributed by atoms with Gasteiger partial charge < -0.3 is 0 Å². The molecule has 0 N–H and O–H groups in total. The Morgan fingerprint density at radius 2 is 1.74 bits per heavy atom. The van der Waals surface area contributed by atoms with E-state index in [9.17, 15) is 13.2 Å². The highest BCUT2D eigenvalue weighted by atomic mass is 32.2. The summed E-state index contributed by atoms with van der Waals surface area (Å²) in [6.07, 6.45) is 7.46. The molecule has 0 radical (unpaired) electrons. The van der Waals surface area contributed by atoms with E-state index in [4.69, 9.17) is 0 Å². The second kappa shape index (κ2) is 7.38. The van der Waals surface area contributed by atoms with Crippen LogP contribution in [0.4, 0.5) is 0 Å². The maximum Gasteiger partial charge on any atom is 0.215 e. The van der Waals surface area contributed by atoms with Crippen molar-refractivity contribution in [3.05, 3.63) is 77.4 Å². The monoisotopic (exact) mass is 475 g/mol. The van der Waals surface area contributed by atoms with Crippen LogP contribution in [0.3, 0.4) is 0 Å². The maximum atomic E-state index is 13.9. The number of Topliss-reactive ketones (excluding diaryl/α,β-unsaturated/α-hetero) is 1. The third kappa shape index (κ3) is 2.92. The zero-order chi connectivity index (χ0) is 23.8. The molecule has 178 valence electrons. The minimum Gasteiger partial charge on any atom is -0.299 e. The number of nitrogens with zero attached hydrogens (tertiary/aromatic N) is 1. The van der Waals surface area contributed by atoms with Crippen molar-refractivity contribution >= 4 is 21.9 Å². The lowest BCUT2D eigenvalue weighted by Crippen LogP contribution is -2.52. The number of ketones is 1. The van der Waals surface area contributed by atoms with Crippen LogP contribution >= 0.6 is 0 Å². The van der Waals surface area contributed by atoms with Gasteiger partial charge in [0.15, 0.2) is 0 Å². The Labute approximate surface area is 203 Å². The van der Waals surface area contributed by atoms with Crippen LogP contribution in [0.15, 0.2) is 60.7 Å². The van der Waals surface area contributed by atoms with E-state index >= 15 is 0 Å². The third-order valence-electron chi connectivity index (χ3n) is 9.97. The van der Waals surface area contributed by atoms with Crippen LogP contribution in [0.5, 0.6) is 0 Å². The molecule has 4 nitrogen and oxygen atoms in total. The van der Waals surface area contributed by atoms with Gasteiger partial charge in [-0.3, -0.25) is 4.79 Å². The molecule has 1 aliphatic heterocycles. The maximum absolute atomic E-state index is 13.9. The molecule has 4 aliphatic rings. The van der Waals surface area contributed by atoms with E-state index in [1.807, 2.05) is 18.2 Å². The third-order valence-corrected chi connectivity index (χ3v) is 11.9. The lowest BCUT2D eigenvalue weighted by atomic mass is 9.65. The van der Waals surface area contributed by atoms with Gasteiger partial charge in [-0.05, 0) is 47.3 Å². The number of allylic oxidation sites excluding steroid dienone is 1. The number of sulfonamides is 1. The summed E-state index contributed by atoms with van der Waals surface area (Å²) in [5, 5.41) is 0. The average molecular weight is 476 g/mol. The molecule has 4 atom stereocenters. The van der Waals surface area contributed by atoms with E-state index in [0.29, 0.717) is 31.8 Å². The zero-order valence-electron chi connectivity index (χ0n) is 20.0. The number of hydrogen-bond donors (Lipinski definition) is 0. The van der Waals surface area contributed by atoms with Crippen LogP contribution < -0.4 is 0 Å². The molecule has 4 unspecified atom stereocenters. The molecule has 1 spiro atoms. The first-order valence-corrected chi connectivity index (χ1v) is 14.2. The smallest absolute Gasteiger partial charge is 0.215 e. The van der Waals surface area contributed by atoms with E-state index < -0.39 is 15.4 Å². The predicted molar refractivity (Wildman–Crippen MR) is 135 cm³/mol. The fraction of sp³-hybridized carbons (Fsp3) is 0.483. The summed E-state index contributed by atoms with van der Waals surface area (Å²) in [5.41, 5.74) is 2.51. The molecule has 3 aliphatic carbocycles. The highest BCUT2D eigenvalue weighted by Crippen LogP contribution is 2.64. The summed E-state index contributed by atoms with van der Waals surface area (Å²) in [6, 6.07) is 18.8. The Morgan fingerprint density at radius 3 is 2.44 bits per heavy atom. The molecule has 2 bridgehead atoms. The van der Waals surface area contributed by atoms with Crippen LogP contribution in [-0.4, -0.2) is 37.3 Å². The van der Waals surface area contributed by atoms with Crippen molar-refractivity contribution in [2.75, 3.05) is 18.8 Å². The molecule has 2 saturated carbocycles. The van der Waals surface area contributed by atoms with Crippen molar-refractivity contribution in [3.8, 4) is 0 Å². The highest BCUT2D eigenvalue weighted by Gasteiger charge is 2.66. The number of carbonyl (C=O) groups excluding carboxylic acids is 1. The molecule has 2 aromatic rings. The van der Waals surface area contributed by atoms with E-state index in [1.165, 1.54) is 16.7 Å². The molecule has 1 saturated heterocycles. The van der Waals surface area contributed by atoms with Crippen molar-refractivity contribution < 1.29 is 13.2 Å². The van der Waals surface area contributed by atoms with Crippen LogP contribution in [-0.2, 0) is 20.2 Å². The quantitative estimate of drug-likeness (QED) is 0.613. The molecule has 3 fully saturated rings. The fourth-order valence-corrected chi connectivity index (χ4v) is 9.94. The van der Waals surface area contributed by atoms with Gasteiger partial charge in [-0.1, -0.05) is 80.6 Å². The number of benzene rings is 2. The molecule has 1 heterocycles. The van der Waals surface area contributed by atoms with Gasteiger partial charge in [0.1, 0.15) is 5.78 Å². The van der Waals surface area contributed by atoms with Crippen LogP contribution in [0.1, 0.15) is 62.1 Å². The van der Waals surface area contributed by atoms with Crippen molar-refractivity contribution in [3.63, 3.8) is 0 Å². The van der Waals surface area contributed by atoms with Crippen molar-refractivity contribution in [2.24, 2.45) is 16.7 Å². The Hall–Kier alpha value is -2.24. The number of hydrogen-bond acceptors (Lipinski definition) is 3. The van der Waals surface area contributed by atoms with Gasteiger partial charge in [-0.2, -0.15) is 0 Å². The number of carbonyl (C=O) groups is 1. The van der Waals surface area contributed by atoms with Gasteiger partial charge in [-0.25, -0.2) is 12.7 Å². The predicted octanol–water partition coefficient (Wildman–Crippen LogP) is 5.17. The van der Waals surface area contributed by atoms with Crippen molar-refractivity contribution in [1.29, 1.82) is 0 Å². The molecule has 2 aromatic carbocycles. The largest absolute Gasteiger partial charge is 0.299 e. The van der Waals surface area contributed by atoms with Crippen LogP contribution in [0.2, 0.25) is 0 Å². The van der Waals surface area contributed by atoms with Crippen LogP contribution in [0, 0.1) is 16.7 Å². The van der Waals surface area contributed by atoms with E-state index in [0.717, 1.165) is 12.8 Å². The normalized spacial score (nSPS) is 34.1. The second-order valence-corrected chi connectivity index (χ2v) is 13.4. The van der Waals surface area contributed by atoms with Gasteiger partial charge in [0, 0.05) is 36.3 Å². The molecule has 6 rings (SSSR count). The van der Waals surface area contributed by atoms with Crippen LogP contribution in [0.25, 0.3) is 6.08 Å². The second-order valence-electron chi connectivity index (χ2n) is 11.5. The first kappa shape index (κ1) is 22.2. The van der Waals surface area contributed by atoms with Crippen molar-refractivity contribution in [1.82, 2.24) is 4.31 Å². The molecule has 0 amide bonds. The van der Waals surface area contributed by atoms with Gasteiger partial charge in [0.2, 0.25) is 10.0 Å². The van der Waals surface area contributed by atoms with E-state index in [-0.39, 0.29) is 28.3 Å². The lowest BCUT2D eigenvalue weighted by molar-refractivity contribution is -0.128. The Kier molecular flexibility index (Phi) is 4.83. The summed E-state index contributed by atoms with van der Waals surface area (Å²) in [7, 11) is -3.59. The number of rotatable bonds is 4. The van der Waals surface area contributed by atoms with Gasteiger partial charge in [0.25, 0.3) is 0 Å². The average Bonchev–Trinajstić information content (AvgIpc) is 3.37. The molecular weight excluding hydrogens is 442 g/mol. The standard InChI is InChI=1S/C29H33NO3S/c1-27(2)23-13-15-29(27,26(31)18-23)20-34(32,33)30-17-16-28(14-12-22-10-6-7-11-24(22)28)25(19-30)21-8-4-3-5-9-21/h3-12,14,23,25H,13,15-20H2,1-2H3. The lowest BCUT2D eigenvalue weighted by Gasteiger charge is -2.46. The Bertz CT molecular complexity index is 1280. The highest BCUT2D eigenvalue weighted by molar-refractivity contribution is 7.89. The van der Waals surface area contributed by atoms with Crippen molar-refractivity contribution in [2.45, 2.75) is 50.9 Å². The summed E-state index contributed by atoms with van der Waals surface area (Å²) in [4.78, 5) is 13.1. The molecule has 34 heavy (non-hydrogen) atoms. The van der Waals surface area contributed by atoms with E-state index in [2.05, 4.69) is 62.4 Å². The minimum atomic E-state index is -3.59. The zero-order valence-corrected chi connectivity index (χ0v) is 20.9. The summed E-state index contributed by atoms with van der Waals surface area (Å²) >= 11 is 0. The summed E-state index contributed by atoms with van der Waals surface area (Å²) in [6.45, 7) is 5.16. The summed E-state index contributed by atoms with van der Waals surface area (Å²) in [5.74, 6) is 0.469. The first-order chi connectivity index (χ1) is 16.2. The Balaban J connectivity index is 1.36. The first-order valence-electron chi connectivity index (χ1n) is 12.5. The number of fused-ring (bicyclic) bond motifs is 4. The molecular formula is C29H33NO3S. The van der Waals surface area contributed by atoms with Gasteiger partial charge in [0.05, 0.1) is 5.75 Å². The minimum absolute atomic E-state index is 0.0261. The van der Waals surface area contributed by atoms with E-state index in [1.54, 1.807) is 4.31 Å². The SMILES string of the molecule is CC1(C)C2CCC1(CS(=O)(=O)N1CCC3(C=Cc4ccccc43)C(c3ccccc3)C1)C(=O)C2. The molecule has 0 aromatic heterocycles. The fourth-order valence-electron chi connectivity index (χ4n) is 7.71. The summed E-state index contributed by atoms with van der Waals surface area (Å²) < 4.78 is 29.6. The Morgan fingerprint density at radius 1 is 1.00 bits per heavy atom. The number of piperidine rings is 1.